The van der Waals surface area contributed by atoms with Crippen molar-refractivity contribution in [2.45, 2.75) is 13.0 Å². The molecule has 0 heterocycles. The van der Waals surface area contributed by atoms with E-state index < -0.39 is 11.9 Å². The summed E-state index contributed by atoms with van der Waals surface area (Å²) in [6.45, 7) is 5.12. The monoisotopic (exact) mass is 200 g/mol. The standard InChI is InChI=1S/C10H10ClFO/c1-3-8(13)9-7(12)5-4-6(2)10(9)11/h3-5,8,13H,1H2,2H3. The molecule has 0 amide bonds. The van der Waals surface area contributed by atoms with Gasteiger partial charge in [0.15, 0.2) is 0 Å². The minimum Gasteiger partial charge on any atom is -0.384 e. The van der Waals surface area contributed by atoms with E-state index in [0.717, 1.165) is 5.56 Å². The number of aliphatic hydroxyl groups is 1. The normalized spacial score (nSPS) is 12.6. The average molecular weight is 201 g/mol. The van der Waals surface area contributed by atoms with Crippen LogP contribution in [0.3, 0.4) is 0 Å². The van der Waals surface area contributed by atoms with Crippen LogP contribution < -0.4 is 0 Å². The number of hydrogen-bond donors (Lipinski definition) is 1. The number of halogens is 2. The van der Waals surface area contributed by atoms with E-state index in [2.05, 4.69) is 6.58 Å². The largest absolute Gasteiger partial charge is 0.384 e. The van der Waals surface area contributed by atoms with Crippen LogP contribution in [0.1, 0.15) is 17.2 Å². The van der Waals surface area contributed by atoms with Gasteiger partial charge in [-0.3, -0.25) is 0 Å². The van der Waals surface area contributed by atoms with Gasteiger partial charge >= 0.3 is 0 Å². The summed E-state index contributed by atoms with van der Waals surface area (Å²) in [4.78, 5) is 0. The van der Waals surface area contributed by atoms with Crippen molar-refractivity contribution in [3.05, 3.63) is 46.8 Å². The molecule has 13 heavy (non-hydrogen) atoms. The molecule has 0 bridgehead atoms. The number of benzene rings is 1. The van der Waals surface area contributed by atoms with E-state index in [1.54, 1.807) is 13.0 Å². The lowest BCUT2D eigenvalue weighted by Crippen LogP contribution is -1.99. The molecule has 70 valence electrons. The van der Waals surface area contributed by atoms with Gasteiger partial charge in [-0.1, -0.05) is 23.7 Å². The first-order valence-electron chi connectivity index (χ1n) is 3.83. The van der Waals surface area contributed by atoms with E-state index in [1.165, 1.54) is 12.1 Å². The predicted octanol–water partition coefficient (Wildman–Crippen LogP) is 3.01. The molecule has 0 radical (unpaired) electrons. The van der Waals surface area contributed by atoms with E-state index >= 15 is 0 Å². The lowest BCUT2D eigenvalue weighted by Gasteiger charge is -2.10. The Hall–Kier alpha value is -0.860. The van der Waals surface area contributed by atoms with Crippen molar-refractivity contribution < 1.29 is 9.50 Å². The third-order valence-electron chi connectivity index (χ3n) is 1.84. The molecule has 0 fully saturated rings. The Kier molecular flexibility index (Phi) is 3.07. The molecule has 1 aromatic rings. The van der Waals surface area contributed by atoms with Crippen LogP contribution in [0.15, 0.2) is 24.8 Å². The smallest absolute Gasteiger partial charge is 0.130 e. The maximum Gasteiger partial charge on any atom is 0.130 e. The molecular weight excluding hydrogens is 191 g/mol. The fourth-order valence-electron chi connectivity index (χ4n) is 1.07. The fraction of sp³-hybridized carbons (Fsp3) is 0.200. The molecule has 1 nitrogen and oxygen atoms in total. The molecule has 0 aliphatic rings. The number of hydrogen-bond acceptors (Lipinski definition) is 1. The van der Waals surface area contributed by atoms with Crippen molar-refractivity contribution in [3.63, 3.8) is 0 Å². The first-order valence-corrected chi connectivity index (χ1v) is 4.21. The summed E-state index contributed by atoms with van der Waals surface area (Å²) in [7, 11) is 0. The van der Waals surface area contributed by atoms with Crippen LogP contribution in [0, 0.1) is 12.7 Å². The topological polar surface area (TPSA) is 20.2 Å². The van der Waals surface area contributed by atoms with E-state index in [0.29, 0.717) is 0 Å². The Morgan fingerprint density at radius 3 is 2.77 bits per heavy atom. The van der Waals surface area contributed by atoms with Gasteiger partial charge in [0.2, 0.25) is 0 Å². The molecule has 1 N–H and O–H groups in total. The first-order chi connectivity index (χ1) is 6.07. The summed E-state index contributed by atoms with van der Waals surface area (Å²) in [5, 5.41) is 9.63. The Balaban J connectivity index is 3.32. The van der Waals surface area contributed by atoms with Crippen molar-refractivity contribution in [2.24, 2.45) is 0 Å². The number of aliphatic hydroxyl groups excluding tert-OH is 1. The minimum absolute atomic E-state index is 0.0941. The quantitative estimate of drug-likeness (QED) is 0.728. The van der Waals surface area contributed by atoms with Gasteiger partial charge in [-0.25, -0.2) is 4.39 Å². The zero-order valence-electron chi connectivity index (χ0n) is 7.22. The van der Waals surface area contributed by atoms with Gasteiger partial charge in [0, 0.05) is 5.56 Å². The molecule has 0 saturated heterocycles. The van der Waals surface area contributed by atoms with Crippen molar-refractivity contribution in [1.29, 1.82) is 0 Å². The van der Waals surface area contributed by atoms with Gasteiger partial charge in [0.1, 0.15) is 11.9 Å². The molecule has 1 aromatic carbocycles. The Bertz CT molecular complexity index is 336. The molecule has 0 saturated carbocycles. The lowest BCUT2D eigenvalue weighted by atomic mass is 10.1. The first kappa shape index (κ1) is 10.2. The molecule has 1 atom stereocenters. The van der Waals surface area contributed by atoms with E-state index in [4.69, 9.17) is 11.6 Å². The molecule has 0 aromatic heterocycles. The van der Waals surface area contributed by atoms with Crippen molar-refractivity contribution in [3.8, 4) is 0 Å². The van der Waals surface area contributed by atoms with Crippen LogP contribution in [0.4, 0.5) is 4.39 Å². The molecule has 0 aliphatic carbocycles. The van der Waals surface area contributed by atoms with Crippen LogP contribution in [0.2, 0.25) is 5.02 Å². The third kappa shape index (κ3) is 1.90. The van der Waals surface area contributed by atoms with Crippen LogP contribution in [-0.4, -0.2) is 5.11 Å². The molecular formula is C10H10ClFO. The van der Waals surface area contributed by atoms with Gasteiger partial charge in [-0.2, -0.15) is 0 Å². The van der Waals surface area contributed by atoms with E-state index in [9.17, 15) is 9.50 Å². The van der Waals surface area contributed by atoms with Gasteiger partial charge < -0.3 is 5.11 Å². The third-order valence-corrected chi connectivity index (χ3v) is 2.34. The van der Waals surface area contributed by atoms with Crippen LogP contribution >= 0.6 is 11.6 Å². The zero-order chi connectivity index (χ0) is 10.0. The minimum atomic E-state index is -1.05. The zero-order valence-corrected chi connectivity index (χ0v) is 7.98. The van der Waals surface area contributed by atoms with Gasteiger partial charge in [0.25, 0.3) is 0 Å². The number of aryl methyl sites for hydroxylation is 1. The van der Waals surface area contributed by atoms with Crippen molar-refractivity contribution in [2.75, 3.05) is 0 Å². The molecule has 3 heteroatoms. The summed E-state index contributed by atoms with van der Waals surface area (Å²) < 4.78 is 13.2. The Labute approximate surface area is 81.5 Å². The van der Waals surface area contributed by atoms with Crippen LogP contribution in [-0.2, 0) is 0 Å². The second-order valence-corrected chi connectivity index (χ2v) is 3.15. The highest BCUT2D eigenvalue weighted by Gasteiger charge is 2.15. The number of rotatable bonds is 2. The van der Waals surface area contributed by atoms with E-state index in [-0.39, 0.29) is 10.6 Å². The summed E-state index contributed by atoms with van der Waals surface area (Å²) >= 11 is 5.82. The molecule has 0 aliphatic heterocycles. The predicted molar refractivity (Wildman–Crippen MR) is 51.3 cm³/mol. The molecule has 0 spiro atoms. The summed E-state index contributed by atoms with van der Waals surface area (Å²) in [5.41, 5.74) is 0.829. The summed E-state index contributed by atoms with van der Waals surface area (Å²) in [5.74, 6) is -0.511. The van der Waals surface area contributed by atoms with Crippen LogP contribution in [0.25, 0.3) is 0 Å². The second kappa shape index (κ2) is 3.90. The maximum atomic E-state index is 13.2. The van der Waals surface area contributed by atoms with Crippen molar-refractivity contribution in [1.82, 2.24) is 0 Å². The van der Waals surface area contributed by atoms with Gasteiger partial charge in [0.05, 0.1) is 5.02 Å². The SMILES string of the molecule is C=CC(O)c1c(F)ccc(C)c1Cl. The molecule has 1 rings (SSSR count). The van der Waals surface area contributed by atoms with Crippen molar-refractivity contribution >= 4 is 11.6 Å². The highest BCUT2D eigenvalue weighted by atomic mass is 35.5. The van der Waals surface area contributed by atoms with Gasteiger partial charge in [-0.05, 0) is 18.6 Å². The Morgan fingerprint density at radius 2 is 2.23 bits per heavy atom. The van der Waals surface area contributed by atoms with E-state index in [1.807, 2.05) is 0 Å². The highest BCUT2D eigenvalue weighted by molar-refractivity contribution is 6.32. The fourth-order valence-corrected chi connectivity index (χ4v) is 1.33. The molecule has 1 unspecified atom stereocenters. The second-order valence-electron chi connectivity index (χ2n) is 2.77. The lowest BCUT2D eigenvalue weighted by molar-refractivity contribution is 0.223. The van der Waals surface area contributed by atoms with Gasteiger partial charge in [-0.15, -0.1) is 6.58 Å². The van der Waals surface area contributed by atoms with Crippen LogP contribution in [0.5, 0.6) is 0 Å². The summed E-state index contributed by atoms with van der Waals surface area (Å²) in [6.07, 6.45) is 0.191. The summed E-state index contributed by atoms with van der Waals surface area (Å²) in [6, 6.07) is 2.85. The Morgan fingerprint density at radius 1 is 1.62 bits per heavy atom. The maximum absolute atomic E-state index is 13.2. The average Bonchev–Trinajstić information content (AvgIpc) is 2.12. The highest BCUT2D eigenvalue weighted by Crippen LogP contribution is 2.29.